The van der Waals surface area contributed by atoms with E-state index in [-0.39, 0.29) is 0 Å². The fourth-order valence-electron chi connectivity index (χ4n) is 2.73. The molecule has 1 aliphatic heterocycles. The Morgan fingerprint density at radius 3 is 2.58 bits per heavy atom. The van der Waals surface area contributed by atoms with Gasteiger partial charge in [0.1, 0.15) is 0 Å². The third-order valence-electron chi connectivity index (χ3n) is 4.52. The lowest BCUT2D eigenvalue weighted by Gasteiger charge is -2.38. The number of hydrogen-bond donors (Lipinski definition) is 1. The topological polar surface area (TPSA) is 28.2 Å². The average molecular weight is 261 g/mol. The molecule has 0 aliphatic carbocycles. The lowest BCUT2D eigenvalue weighted by atomic mass is 9.78. The average Bonchev–Trinajstić information content (AvgIpc) is 2.43. The van der Waals surface area contributed by atoms with Crippen LogP contribution >= 0.6 is 0 Å². The first-order chi connectivity index (χ1) is 9.15. The molecule has 0 unspecified atom stereocenters. The molecule has 3 heteroatoms. The van der Waals surface area contributed by atoms with Gasteiger partial charge in [-0.15, -0.1) is 0 Å². The van der Waals surface area contributed by atoms with Crippen molar-refractivity contribution in [3.8, 4) is 0 Å². The van der Waals surface area contributed by atoms with Gasteiger partial charge in [-0.3, -0.25) is 9.88 Å². The van der Waals surface area contributed by atoms with Crippen molar-refractivity contribution in [3.05, 3.63) is 29.6 Å². The molecule has 0 bridgehead atoms. The SMILES string of the molecule is CCC1(C)CCN(Cc2cccc(CNC)n2)CC1. The lowest BCUT2D eigenvalue weighted by Crippen LogP contribution is -2.38. The first kappa shape index (κ1) is 14.5. The molecule has 3 nitrogen and oxygen atoms in total. The normalized spacial score (nSPS) is 19.5. The summed E-state index contributed by atoms with van der Waals surface area (Å²) in [6.45, 7) is 9.01. The Kier molecular flexibility index (Phi) is 4.94. The molecule has 1 fully saturated rings. The van der Waals surface area contributed by atoms with E-state index >= 15 is 0 Å². The van der Waals surface area contributed by atoms with Gasteiger partial charge in [0.15, 0.2) is 0 Å². The van der Waals surface area contributed by atoms with Gasteiger partial charge < -0.3 is 5.32 Å². The van der Waals surface area contributed by atoms with Crippen LogP contribution in [0.3, 0.4) is 0 Å². The van der Waals surface area contributed by atoms with E-state index in [4.69, 9.17) is 4.98 Å². The lowest BCUT2D eigenvalue weighted by molar-refractivity contribution is 0.108. The highest BCUT2D eigenvalue weighted by Gasteiger charge is 2.28. The van der Waals surface area contributed by atoms with Crippen molar-refractivity contribution in [1.82, 2.24) is 15.2 Å². The highest BCUT2D eigenvalue weighted by molar-refractivity contribution is 5.11. The first-order valence-electron chi connectivity index (χ1n) is 7.47. The van der Waals surface area contributed by atoms with E-state index in [9.17, 15) is 0 Å². The molecule has 1 N–H and O–H groups in total. The van der Waals surface area contributed by atoms with Gasteiger partial charge in [0, 0.05) is 13.1 Å². The molecule has 1 aromatic rings. The summed E-state index contributed by atoms with van der Waals surface area (Å²) in [5, 5.41) is 3.16. The summed E-state index contributed by atoms with van der Waals surface area (Å²) in [7, 11) is 1.96. The maximum atomic E-state index is 4.71. The van der Waals surface area contributed by atoms with Crippen molar-refractivity contribution in [2.24, 2.45) is 5.41 Å². The molecule has 2 heterocycles. The summed E-state index contributed by atoms with van der Waals surface area (Å²) >= 11 is 0. The monoisotopic (exact) mass is 261 g/mol. The molecule has 1 saturated heterocycles. The zero-order valence-electron chi connectivity index (χ0n) is 12.6. The number of rotatable bonds is 5. The largest absolute Gasteiger partial charge is 0.314 e. The minimum Gasteiger partial charge on any atom is -0.314 e. The highest BCUT2D eigenvalue weighted by Crippen LogP contribution is 2.34. The summed E-state index contributed by atoms with van der Waals surface area (Å²) < 4.78 is 0. The molecule has 0 amide bonds. The minimum atomic E-state index is 0.567. The quantitative estimate of drug-likeness (QED) is 0.883. The molecule has 0 atom stereocenters. The molecule has 1 aromatic heterocycles. The Bertz CT molecular complexity index is 395. The van der Waals surface area contributed by atoms with E-state index in [0.29, 0.717) is 5.41 Å². The van der Waals surface area contributed by atoms with Crippen molar-refractivity contribution in [3.63, 3.8) is 0 Å². The Labute approximate surface area is 117 Å². The fourth-order valence-corrected chi connectivity index (χ4v) is 2.73. The molecule has 2 rings (SSSR count). The third kappa shape index (κ3) is 4.02. The molecule has 106 valence electrons. The molecule has 19 heavy (non-hydrogen) atoms. The maximum absolute atomic E-state index is 4.71. The van der Waals surface area contributed by atoms with Crippen LogP contribution < -0.4 is 5.32 Å². The van der Waals surface area contributed by atoms with Gasteiger partial charge in [-0.2, -0.15) is 0 Å². The van der Waals surface area contributed by atoms with Gasteiger partial charge in [0.2, 0.25) is 0 Å². The van der Waals surface area contributed by atoms with Crippen molar-refractivity contribution < 1.29 is 0 Å². The van der Waals surface area contributed by atoms with Gasteiger partial charge in [0.05, 0.1) is 11.4 Å². The molecule has 0 spiro atoms. The van der Waals surface area contributed by atoms with E-state index in [1.807, 2.05) is 7.05 Å². The zero-order chi connectivity index (χ0) is 13.7. The van der Waals surface area contributed by atoms with Crippen LogP contribution in [0.1, 0.15) is 44.5 Å². The van der Waals surface area contributed by atoms with Crippen molar-refractivity contribution >= 4 is 0 Å². The van der Waals surface area contributed by atoms with E-state index in [0.717, 1.165) is 18.8 Å². The third-order valence-corrected chi connectivity index (χ3v) is 4.52. The van der Waals surface area contributed by atoms with E-state index in [2.05, 4.69) is 42.3 Å². The summed E-state index contributed by atoms with van der Waals surface area (Å²) in [4.78, 5) is 7.25. The summed E-state index contributed by atoms with van der Waals surface area (Å²) in [5.74, 6) is 0. The summed E-state index contributed by atoms with van der Waals surface area (Å²) in [5.41, 5.74) is 2.90. The smallest absolute Gasteiger partial charge is 0.0547 e. The maximum Gasteiger partial charge on any atom is 0.0547 e. The number of nitrogens with one attached hydrogen (secondary N) is 1. The summed E-state index contributed by atoms with van der Waals surface area (Å²) in [6, 6.07) is 6.35. The van der Waals surface area contributed by atoms with Crippen LogP contribution in [-0.4, -0.2) is 30.0 Å². The molecule has 0 saturated carbocycles. The standard InChI is InChI=1S/C16H27N3/c1-4-16(2)8-10-19(11-9-16)13-15-7-5-6-14(18-15)12-17-3/h5-7,17H,4,8-13H2,1-3H3. The number of piperidine rings is 1. The van der Waals surface area contributed by atoms with Gasteiger partial charge in [-0.05, 0) is 50.5 Å². The zero-order valence-corrected chi connectivity index (χ0v) is 12.6. The van der Waals surface area contributed by atoms with Crippen LogP contribution in [0, 0.1) is 5.41 Å². The van der Waals surface area contributed by atoms with Crippen LogP contribution in [0.4, 0.5) is 0 Å². The number of aromatic nitrogens is 1. The Morgan fingerprint density at radius 1 is 1.26 bits per heavy atom. The minimum absolute atomic E-state index is 0.567. The summed E-state index contributed by atoms with van der Waals surface area (Å²) in [6.07, 6.45) is 3.94. The number of pyridine rings is 1. The highest BCUT2D eigenvalue weighted by atomic mass is 15.1. The predicted octanol–water partition coefficient (Wildman–Crippen LogP) is 2.81. The fraction of sp³-hybridized carbons (Fsp3) is 0.688. The van der Waals surface area contributed by atoms with Crippen molar-refractivity contribution in [2.75, 3.05) is 20.1 Å². The van der Waals surface area contributed by atoms with Crippen LogP contribution in [0.5, 0.6) is 0 Å². The Morgan fingerprint density at radius 2 is 1.95 bits per heavy atom. The van der Waals surface area contributed by atoms with Gasteiger partial charge >= 0.3 is 0 Å². The second-order valence-electron chi connectivity index (χ2n) is 6.09. The Hall–Kier alpha value is -0.930. The van der Waals surface area contributed by atoms with Crippen LogP contribution in [0.15, 0.2) is 18.2 Å². The predicted molar refractivity (Wildman–Crippen MR) is 79.9 cm³/mol. The second-order valence-corrected chi connectivity index (χ2v) is 6.09. The molecular weight excluding hydrogens is 234 g/mol. The van der Waals surface area contributed by atoms with Gasteiger partial charge in [-0.1, -0.05) is 26.3 Å². The van der Waals surface area contributed by atoms with E-state index < -0.39 is 0 Å². The number of likely N-dealkylation sites (tertiary alicyclic amines) is 1. The van der Waals surface area contributed by atoms with Crippen LogP contribution in [0.2, 0.25) is 0 Å². The second kappa shape index (κ2) is 6.49. The molecule has 0 radical (unpaired) electrons. The van der Waals surface area contributed by atoms with E-state index in [1.165, 1.54) is 38.0 Å². The van der Waals surface area contributed by atoms with Gasteiger partial charge in [-0.25, -0.2) is 0 Å². The van der Waals surface area contributed by atoms with Crippen LogP contribution in [-0.2, 0) is 13.1 Å². The van der Waals surface area contributed by atoms with Crippen molar-refractivity contribution in [2.45, 2.75) is 46.2 Å². The van der Waals surface area contributed by atoms with Crippen molar-refractivity contribution in [1.29, 1.82) is 0 Å². The van der Waals surface area contributed by atoms with E-state index in [1.54, 1.807) is 0 Å². The molecule has 0 aromatic carbocycles. The van der Waals surface area contributed by atoms with Gasteiger partial charge in [0.25, 0.3) is 0 Å². The molecular formula is C16H27N3. The Balaban J connectivity index is 1.90. The molecule has 1 aliphatic rings. The number of hydrogen-bond acceptors (Lipinski definition) is 3. The first-order valence-corrected chi connectivity index (χ1v) is 7.47. The number of nitrogens with zero attached hydrogens (tertiary/aromatic N) is 2. The van der Waals surface area contributed by atoms with Crippen LogP contribution in [0.25, 0.3) is 0 Å².